The average Bonchev–Trinajstić information content (AvgIpc) is 2.40. The molecule has 2 unspecified atom stereocenters. The molecule has 0 aromatic carbocycles. The van der Waals surface area contributed by atoms with Crippen molar-refractivity contribution in [3.63, 3.8) is 0 Å². The van der Waals surface area contributed by atoms with Crippen molar-refractivity contribution < 1.29 is 0 Å². The van der Waals surface area contributed by atoms with Crippen molar-refractivity contribution in [3.05, 3.63) is 0 Å². The molecule has 0 saturated carbocycles. The first-order chi connectivity index (χ1) is 8.40. The summed E-state index contributed by atoms with van der Waals surface area (Å²) < 4.78 is 0. The molecule has 2 aliphatic heterocycles. The van der Waals surface area contributed by atoms with Crippen molar-refractivity contribution >= 4 is 0 Å². The van der Waals surface area contributed by atoms with Gasteiger partial charge in [-0.3, -0.25) is 0 Å². The van der Waals surface area contributed by atoms with Crippen molar-refractivity contribution in [2.75, 3.05) is 19.6 Å². The molecule has 2 nitrogen and oxygen atoms in total. The molecule has 100 valence electrons. The van der Waals surface area contributed by atoms with E-state index in [4.69, 9.17) is 0 Å². The summed E-state index contributed by atoms with van der Waals surface area (Å²) in [6.45, 7) is 6.31. The third-order valence-electron chi connectivity index (χ3n) is 4.63. The van der Waals surface area contributed by atoms with Gasteiger partial charge in [-0.2, -0.15) is 0 Å². The minimum atomic E-state index is 0.827. The van der Waals surface area contributed by atoms with Gasteiger partial charge in [0.15, 0.2) is 0 Å². The molecule has 0 radical (unpaired) electrons. The first kappa shape index (κ1) is 13.4. The van der Waals surface area contributed by atoms with Crippen molar-refractivity contribution in [1.82, 2.24) is 10.2 Å². The Hall–Kier alpha value is -0.0800. The zero-order valence-corrected chi connectivity index (χ0v) is 11.6. The van der Waals surface area contributed by atoms with Gasteiger partial charge in [0, 0.05) is 12.1 Å². The Bertz CT molecular complexity index is 199. The van der Waals surface area contributed by atoms with Gasteiger partial charge in [-0.25, -0.2) is 0 Å². The Morgan fingerprint density at radius 2 is 2.00 bits per heavy atom. The standard InChI is InChI=1S/C15H30N2/c1-2-15-10-4-6-12-17(15)13-7-9-14-8-3-5-11-16-14/h14-16H,2-13H2,1H3. The van der Waals surface area contributed by atoms with E-state index >= 15 is 0 Å². The third kappa shape index (κ3) is 4.26. The Labute approximate surface area is 107 Å². The van der Waals surface area contributed by atoms with Gasteiger partial charge in [0.05, 0.1) is 0 Å². The van der Waals surface area contributed by atoms with E-state index in [-0.39, 0.29) is 0 Å². The fraction of sp³-hybridized carbons (Fsp3) is 1.00. The minimum absolute atomic E-state index is 0.827. The molecule has 0 aromatic heterocycles. The van der Waals surface area contributed by atoms with Crippen LogP contribution in [-0.2, 0) is 0 Å². The summed E-state index contributed by atoms with van der Waals surface area (Å²) in [5.41, 5.74) is 0. The first-order valence-electron chi connectivity index (χ1n) is 7.87. The summed E-state index contributed by atoms with van der Waals surface area (Å²) in [6.07, 6.45) is 12.7. The summed E-state index contributed by atoms with van der Waals surface area (Å²) in [5.74, 6) is 0. The molecule has 2 fully saturated rings. The van der Waals surface area contributed by atoms with Gasteiger partial charge in [0.2, 0.25) is 0 Å². The van der Waals surface area contributed by atoms with Crippen LogP contribution >= 0.6 is 0 Å². The summed E-state index contributed by atoms with van der Waals surface area (Å²) >= 11 is 0. The third-order valence-corrected chi connectivity index (χ3v) is 4.63. The highest BCUT2D eigenvalue weighted by Gasteiger charge is 2.20. The number of hydrogen-bond donors (Lipinski definition) is 1. The van der Waals surface area contributed by atoms with Gasteiger partial charge in [0.1, 0.15) is 0 Å². The normalized spacial score (nSPS) is 31.6. The van der Waals surface area contributed by atoms with E-state index in [2.05, 4.69) is 17.1 Å². The highest BCUT2D eigenvalue weighted by molar-refractivity contribution is 4.77. The molecular formula is C15H30N2. The van der Waals surface area contributed by atoms with Crippen LogP contribution in [0.5, 0.6) is 0 Å². The second-order valence-electron chi connectivity index (χ2n) is 5.88. The lowest BCUT2D eigenvalue weighted by molar-refractivity contribution is 0.139. The molecule has 0 aromatic rings. The molecular weight excluding hydrogens is 208 g/mol. The Balaban J connectivity index is 1.62. The van der Waals surface area contributed by atoms with Crippen molar-refractivity contribution in [3.8, 4) is 0 Å². The quantitative estimate of drug-likeness (QED) is 0.791. The number of hydrogen-bond acceptors (Lipinski definition) is 2. The SMILES string of the molecule is CCC1CCCCN1CCCC1CCCCN1. The van der Waals surface area contributed by atoms with Crippen molar-refractivity contribution in [1.29, 1.82) is 0 Å². The monoisotopic (exact) mass is 238 g/mol. The lowest BCUT2D eigenvalue weighted by Crippen LogP contribution is -2.40. The first-order valence-corrected chi connectivity index (χ1v) is 7.87. The minimum Gasteiger partial charge on any atom is -0.314 e. The molecule has 1 N–H and O–H groups in total. The fourth-order valence-electron chi connectivity index (χ4n) is 3.53. The topological polar surface area (TPSA) is 15.3 Å². The summed E-state index contributed by atoms with van der Waals surface area (Å²) in [5, 5.41) is 3.66. The van der Waals surface area contributed by atoms with Gasteiger partial charge >= 0.3 is 0 Å². The van der Waals surface area contributed by atoms with Crippen LogP contribution in [0.2, 0.25) is 0 Å². The zero-order valence-electron chi connectivity index (χ0n) is 11.6. The van der Waals surface area contributed by atoms with E-state index in [1.54, 1.807) is 0 Å². The number of nitrogens with zero attached hydrogens (tertiary/aromatic N) is 1. The van der Waals surface area contributed by atoms with Gasteiger partial charge in [-0.1, -0.05) is 19.8 Å². The van der Waals surface area contributed by atoms with Crippen LogP contribution in [0.4, 0.5) is 0 Å². The Kier molecular flexibility index (Phi) is 5.79. The molecule has 2 atom stereocenters. The number of piperidine rings is 2. The molecule has 0 spiro atoms. The van der Waals surface area contributed by atoms with Gasteiger partial charge < -0.3 is 10.2 Å². The van der Waals surface area contributed by atoms with Crippen LogP contribution in [0, 0.1) is 0 Å². The highest BCUT2D eigenvalue weighted by atomic mass is 15.2. The lowest BCUT2D eigenvalue weighted by atomic mass is 9.98. The van der Waals surface area contributed by atoms with Crippen LogP contribution in [0.25, 0.3) is 0 Å². The second-order valence-corrected chi connectivity index (χ2v) is 5.88. The average molecular weight is 238 g/mol. The predicted octanol–water partition coefficient (Wildman–Crippen LogP) is 3.17. The Morgan fingerprint density at radius 1 is 1.12 bits per heavy atom. The maximum atomic E-state index is 3.66. The van der Waals surface area contributed by atoms with E-state index < -0.39 is 0 Å². The zero-order chi connectivity index (χ0) is 11.9. The van der Waals surface area contributed by atoms with E-state index in [9.17, 15) is 0 Å². The molecule has 2 saturated heterocycles. The summed E-state index contributed by atoms with van der Waals surface area (Å²) in [7, 11) is 0. The second kappa shape index (κ2) is 7.38. The van der Waals surface area contributed by atoms with Gasteiger partial charge in [-0.05, 0) is 64.6 Å². The molecule has 2 heterocycles. The number of rotatable bonds is 5. The summed E-state index contributed by atoms with van der Waals surface area (Å²) in [4.78, 5) is 2.76. The highest BCUT2D eigenvalue weighted by Crippen LogP contribution is 2.20. The van der Waals surface area contributed by atoms with E-state index in [0.29, 0.717) is 0 Å². The molecule has 0 bridgehead atoms. The molecule has 0 aliphatic carbocycles. The van der Waals surface area contributed by atoms with Gasteiger partial charge in [0.25, 0.3) is 0 Å². The van der Waals surface area contributed by atoms with Crippen molar-refractivity contribution in [2.45, 2.75) is 76.8 Å². The predicted molar refractivity (Wildman–Crippen MR) is 74.4 cm³/mol. The molecule has 2 heteroatoms. The van der Waals surface area contributed by atoms with Crippen LogP contribution in [-0.4, -0.2) is 36.6 Å². The molecule has 0 amide bonds. The Morgan fingerprint density at radius 3 is 2.76 bits per heavy atom. The van der Waals surface area contributed by atoms with Crippen LogP contribution in [0.15, 0.2) is 0 Å². The smallest absolute Gasteiger partial charge is 0.00926 e. The van der Waals surface area contributed by atoms with E-state index in [1.807, 2.05) is 0 Å². The number of nitrogens with one attached hydrogen (secondary N) is 1. The maximum absolute atomic E-state index is 3.66. The van der Waals surface area contributed by atoms with E-state index in [0.717, 1.165) is 12.1 Å². The fourth-order valence-corrected chi connectivity index (χ4v) is 3.53. The van der Waals surface area contributed by atoms with Crippen LogP contribution in [0.1, 0.15) is 64.7 Å². The van der Waals surface area contributed by atoms with Crippen LogP contribution < -0.4 is 5.32 Å². The maximum Gasteiger partial charge on any atom is 0.00926 e. The number of likely N-dealkylation sites (tertiary alicyclic amines) is 1. The lowest BCUT2D eigenvalue weighted by Gasteiger charge is -2.35. The van der Waals surface area contributed by atoms with Crippen LogP contribution in [0.3, 0.4) is 0 Å². The van der Waals surface area contributed by atoms with Crippen molar-refractivity contribution in [2.24, 2.45) is 0 Å². The molecule has 2 rings (SSSR count). The van der Waals surface area contributed by atoms with Gasteiger partial charge in [-0.15, -0.1) is 0 Å². The largest absolute Gasteiger partial charge is 0.314 e. The molecule has 2 aliphatic rings. The van der Waals surface area contributed by atoms with E-state index in [1.165, 1.54) is 77.4 Å². The summed E-state index contributed by atoms with van der Waals surface area (Å²) in [6, 6.07) is 1.72. The molecule has 17 heavy (non-hydrogen) atoms.